The van der Waals surface area contributed by atoms with Crippen LogP contribution >= 0.6 is 0 Å². The molecule has 2 aliphatic heterocycles. The van der Waals surface area contributed by atoms with E-state index in [4.69, 9.17) is 4.74 Å². The SMILES string of the molecule is O=S1(=O)C[C@@H]2O[C@H]1[C@@H](O)[C@H](O)[C@@H]2O. The predicted molar refractivity (Wildman–Crippen MR) is 40.5 cm³/mol. The molecule has 2 aliphatic rings. The summed E-state index contributed by atoms with van der Waals surface area (Å²) in [5.41, 5.74) is -1.38. The minimum Gasteiger partial charge on any atom is -0.388 e. The molecular weight excluding hydrogens is 200 g/mol. The first-order chi connectivity index (χ1) is 5.93. The summed E-state index contributed by atoms with van der Waals surface area (Å²) >= 11 is 0. The fraction of sp³-hybridized carbons (Fsp3) is 1.00. The first-order valence-corrected chi connectivity index (χ1v) is 5.56. The third-order valence-electron chi connectivity index (χ3n) is 2.42. The van der Waals surface area contributed by atoms with Crippen LogP contribution in [0.5, 0.6) is 0 Å². The molecule has 0 aliphatic carbocycles. The summed E-state index contributed by atoms with van der Waals surface area (Å²) in [4.78, 5) is 0. The number of fused-ring (bicyclic) bond motifs is 2. The molecule has 2 bridgehead atoms. The van der Waals surface area contributed by atoms with Crippen molar-refractivity contribution in [3.05, 3.63) is 0 Å². The lowest BCUT2D eigenvalue weighted by molar-refractivity contribution is -0.184. The Morgan fingerprint density at radius 2 is 1.69 bits per heavy atom. The summed E-state index contributed by atoms with van der Waals surface area (Å²) in [6, 6.07) is 0. The Bertz CT molecular complexity index is 309. The Hall–Kier alpha value is -0.210. The van der Waals surface area contributed by atoms with E-state index < -0.39 is 39.7 Å². The van der Waals surface area contributed by atoms with Crippen LogP contribution in [0.2, 0.25) is 0 Å². The first-order valence-electron chi connectivity index (χ1n) is 3.85. The highest BCUT2D eigenvalue weighted by atomic mass is 32.2. The molecule has 0 aromatic rings. The molecule has 13 heavy (non-hydrogen) atoms. The molecule has 76 valence electrons. The molecule has 0 spiro atoms. The van der Waals surface area contributed by atoms with E-state index in [2.05, 4.69) is 0 Å². The second-order valence-electron chi connectivity index (χ2n) is 3.34. The summed E-state index contributed by atoms with van der Waals surface area (Å²) in [5.74, 6) is -0.340. The van der Waals surface area contributed by atoms with Crippen LogP contribution in [-0.4, -0.2) is 59.3 Å². The normalized spacial score (nSPS) is 53.6. The maximum Gasteiger partial charge on any atom is 0.187 e. The molecule has 0 aromatic carbocycles. The van der Waals surface area contributed by atoms with Gasteiger partial charge in [-0.05, 0) is 0 Å². The van der Waals surface area contributed by atoms with Crippen LogP contribution in [-0.2, 0) is 14.6 Å². The van der Waals surface area contributed by atoms with Gasteiger partial charge in [-0.25, -0.2) is 8.42 Å². The lowest BCUT2D eigenvalue weighted by Gasteiger charge is -2.32. The summed E-state index contributed by atoms with van der Waals surface area (Å²) in [6.45, 7) is 0. The van der Waals surface area contributed by atoms with Gasteiger partial charge in [-0.3, -0.25) is 0 Å². The third kappa shape index (κ3) is 1.19. The Kier molecular flexibility index (Phi) is 1.90. The highest BCUT2D eigenvalue weighted by Crippen LogP contribution is 2.32. The van der Waals surface area contributed by atoms with E-state index in [1.54, 1.807) is 0 Å². The van der Waals surface area contributed by atoms with E-state index in [-0.39, 0.29) is 5.75 Å². The second-order valence-corrected chi connectivity index (χ2v) is 5.47. The van der Waals surface area contributed by atoms with Gasteiger partial charge in [0.05, 0.1) is 5.75 Å². The van der Waals surface area contributed by atoms with Crippen molar-refractivity contribution in [2.45, 2.75) is 29.9 Å². The van der Waals surface area contributed by atoms with Crippen LogP contribution < -0.4 is 0 Å². The van der Waals surface area contributed by atoms with Crippen LogP contribution in [0.15, 0.2) is 0 Å². The van der Waals surface area contributed by atoms with Crippen molar-refractivity contribution in [3.63, 3.8) is 0 Å². The molecule has 0 aromatic heterocycles. The zero-order valence-corrected chi connectivity index (χ0v) is 7.38. The van der Waals surface area contributed by atoms with Crippen molar-refractivity contribution >= 4 is 9.84 Å². The van der Waals surface area contributed by atoms with Crippen LogP contribution in [0, 0.1) is 0 Å². The van der Waals surface area contributed by atoms with Crippen molar-refractivity contribution in [1.29, 1.82) is 0 Å². The average Bonchev–Trinajstić information content (AvgIpc) is 2.33. The van der Waals surface area contributed by atoms with Crippen LogP contribution in [0.1, 0.15) is 0 Å². The summed E-state index contributed by atoms with van der Waals surface area (Å²) < 4.78 is 27.3. The molecule has 3 N–H and O–H groups in total. The summed E-state index contributed by atoms with van der Waals surface area (Å²) in [6.07, 6.45) is -5.24. The quantitative estimate of drug-likeness (QED) is 0.399. The smallest absolute Gasteiger partial charge is 0.187 e. The van der Waals surface area contributed by atoms with Gasteiger partial charge in [0, 0.05) is 0 Å². The summed E-state index contributed by atoms with van der Waals surface area (Å²) in [5, 5.41) is 27.7. The minimum atomic E-state index is -3.53. The van der Waals surface area contributed by atoms with E-state index in [9.17, 15) is 23.7 Å². The van der Waals surface area contributed by atoms with Gasteiger partial charge >= 0.3 is 0 Å². The van der Waals surface area contributed by atoms with Gasteiger partial charge in [-0.2, -0.15) is 0 Å². The number of hydrogen-bond donors (Lipinski definition) is 3. The highest BCUT2D eigenvalue weighted by molar-refractivity contribution is 7.92. The van der Waals surface area contributed by atoms with Gasteiger partial charge in [-0.15, -0.1) is 0 Å². The monoisotopic (exact) mass is 210 g/mol. The van der Waals surface area contributed by atoms with Crippen molar-refractivity contribution < 1.29 is 28.5 Å². The molecular formula is C6H10O6S. The fourth-order valence-corrected chi connectivity index (χ4v) is 3.50. The number of hydrogen-bond acceptors (Lipinski definition) is 6. The van der Waals surface area contributed by atoms with Gasteiger partial charge in [0.2, 0.25) is 0 Å². The van der Waals surface area contributed by atoms with Crippen LogP contribution in [0.25, 0.3) is 0 Å². The highest BCUT2D eigenvalue weighted by Gasteiger charge is 2.55. The Morgan fingerprint density at radius 3 is 2.31 bits per heavy atom. The molecule has 7 heteroatoms. The van der Waals surface area contributed by atoms with Gasteiger partial charge in [0.1, 0.15) is 24.4 Å². The van der Waals surface area contributed by atoms with Gasteiger partial charge in [0.25, 0.3) is 0 Å². The van der Waals surface area contributed by atoms with E-state index in [1.807, 2.05) is 0 Å². The number of aliphatic hydroxyl groups excluding tert-OH is 3. The van der Waals surface area contributed by atoms with E-state index in [1.165, 1.54) is 0 Å². The molecule has 2 fully saturated rings. The lowest BCUT2D eigenvalue weighted by atomic mass is 10.0. The standard InChI is InChI=1S/C6H10O6S/c7-3-2-1-13(10,11)6(12-2)5(9)4(3)8/h2-9H,1H2/t2-,3+,4+,5-,6+/m0/s1. The van der Waals surface area contributed by atoms with E-state index in [0.29, 0.717) is 0 Å². The largest absolute Gasteiger partial charge is 0.388 e. The van der Waals surface area contributed by atoms with Gasteiger partial charge < -0.3 is 20.1 Å². The number of rotatable bonds is 0. The third-order valence-corrected chi connectivity index (χ3v) is 4.31. The number of aliphatic hydroxyl groups is 3. The Balaban J connectivity index is 2.38. The van der Waals surface area contributed by atoms with E-state index in [0.717, 1.165) is 0 Å². The van der Waals surface area contributed by atoms with Crippen molar-refractivity contribution in [3.8, 4) is 0 Å². The maximum absolute atomic E-state index is 11.2. The average molecular weight is 210 g/mol. The predicted octanol–water partition coefficient (Wildman–Crippen LogP) is -2.78. The van der Waals surface area contributed by atoms with E-state index >= 15 is 0 Å². The first kappa shape index (κ1) is 9.35. The maximum atomic E-state index is 11.2. The second kappa shape index (κ2) is 2.64. The zero-order valence-electron chi connectivity index (χ0n) is 6.57. The molecule has 0 unspecified atom stereocenters. The van der Waals surface area contributed by atoms with Crippen LogP contribution in [0.4, 0.5) is 0 Å². The van der Waals surface area contributed by atoms with Gasteiger partial charge in [-0.1, -0.05) is 0 Å². The van der Waals surface area contributed by atoms with Crippen molar-refractivity contribution in [1.82, 2.24) is 0 Å². The molecule has 0 radical (unpaired) electrons. The number of sulfone groups is 1. The molecule has 6 nitrogen and oxygen atoms in total. The summed E-state index contributed by atoms with van der Waals surface area (Å²) in [7, 11) is -3.53. The Morgan fingerprint density at radius 1 is 1.08 bits per heavy atom. The lowest BCUT2D eigenvalue weighted by Crippen LogP contribution is -2.54. The van der Waals surface area contributed by atoms with Crippen LogP contribution in [0.3, 0.4) is 0 Å². The minimum absolute atomic E-state index is 0.340. The molecule has 0 amide bonds. The topological polar surface area (TPSA) is 104 Å². The molecule has 0 saturated carbocycles. The molecule has 2 heterocycles. The number of ether oxygens (including phenoxy) is 1. The molecule has 2 rings (SSSR count). The van der Waals surface area contributed by atoms with Gasteiger partial charge in [0.15, 0.2) is 15.3 Å². The Labute approximate surface area is 74.7 Å². The molecule has 2 saturated heterocycles. The van der Waals surface area contributed by atoms with Crippen molar-refractivity contribution in [2.24, 2.45) is 0 Å². The fourth-order valence-electron chi connectivity index (χ4n) is 1.67. The zero-order chi connectivity index (χ0) is 9.80. The molecule has 5 atom stereocenters. The van der Waals surface area contributed by atoms with Crippen molar-refractivity contribution in [2.75, 3.05) is 5.75 Å².